The Labute approximate surface area is 104 Å². The predicted octanol–water partition coefficient (Wildman–Crippen LogP) is 2.49. The van der Waals surface area contributed by atoms with Gasteiger partial charge in [-0.1, -0.05) is 0 Å². The third kappa shape index (κ3) is 2.67. The molecule has 0 saturated heterocycles. The van der Waals surface area contributed by atoms with Gasteiger partial charge >= 0.3 is 0 Å². The lowest BCUT2D eigenvalue weighted by molar-refractivity contribution is 0.0950. The van der Waals surface area contributed by atoms with Gasteiger partial charge in [0.2, 0.25) is 0 Å². The van der Waals surface area contributed by atoms with Crippen LogP contribution in [-0.4, -0.2) is 10.9 Å². The Morgan fingerprint density at radius 1 is 1.28 bits per heavy atom. The summed E-state index contributed by atoms with van der Waals surface area (Å²) in [5.74, 6) is -5.05. The number of carbonyl (C=O) groups is 1. The minimum absolute atomic E-state index is 0.199. The van der Waals surface area contributed by atoms with Crippen molar-refractivity contribution < 1.29 is 18.0 Å². The minimum Gasteiger partial charge on any atom is -0.347 e. The van der Waals surface area contributed by atoms with E-state index in [1.807, 2.05) is 0 Å². The number of nitrogens with zero attached hydrogens (tertiary/aromatic N) is 1. The third-order valence-corrected chi connectivity index (χ3v) is 2.93. The van der Waals surface area contributed by atoms with Gasteiger partial charge in [-0.3, -0.25) is 9.78 Å². The molecule has 3 nitrogen and oxygen atoms in total. The number of carbonyl (C=O) groups excluding carboxylic acids is 1. The highest BCUT2D eigenvalue weighted by Crippen LogP contribution is 2.14. The van der Waals surface area contributed by atoms with E-state index in [0.717, 1.165) is 4.88 Å². The van der Waals surface area contributed by atoms with Crippen LogP contribution in [0.3, 0.4) is 0 Å². The van der Waals surface area contributed by atoms with Gasteiger partial charge in [-0.2, -0.15) is 0 Å². The van der Waals surface area contributed by atoms with Gasteiger partial charge in [-0.15, -0.1) is 11.3 Å². The highest BCUT2D eigenvalue weighted by molar-refractivity contribution is 7.09. The SMILES string of the molecule is O=C(NCc1cncs1)c1cc(F)c(F)c(F)c1. The Kier molecular flexibility index (Phi) is 3.61. The third-order valence-electron chi connectivity index (χ3n) is 2.15. The van der Waals surface area contributed by atoms with E-state index in [2.05, 4.69) is 10.3 Å². The molecular weight excluding hydrogens is 265 g/mol. The summed E-state index contributed by atoms with van der Waals surface area (Å²) in [4.78, 5) is 16.2. The number of thiazole rings is 1. The molecule has 0 atom stereocenters. The number of hydrogen-bond acceptors (Lipinski definition) is 3. The first-order valence-corrected chi connectivity index (χ1v) is 5.76. The first-order valence-electron chi connectivity index (χ1n) is 4.88. The van der Waals surface area contributed by atoms with E-state index in [-0.39, 0.29) is 12.1 Å². The van der Waals surface area contributed by atoms with Crippen LogP contribution in [-0.2, 0) is 6.54 Å². The molecule has 0 aliphatic heterocycles. The lowest BCUT2D eigenvalue weighted by Crippen LogP contribution is -2.22. The lowest BCUT2D eigenvalue weighted by Gasteiger charge is -2.04. The second kappa shape index (κ2) is 5.18. The molecule has 1 aromatic carbocycles. The molecule has 1 amide bonds. The van der Waals surface area contributed by atoms with Crippen molar-refractivity contribution in [2.45, 2.75) is 6.54 Å². The molecule has 94 valence electrons. The van der Waals surface area contributed by atoms with Crippen LogP contribution in [0, 0.1) is 17.5 Å². The quantitative estimate of drug-likeness (QED) is 0.872. The van der Waals surface area contributed by atoms with Gasteiger partial charge in [-0.25, -0.2) is 13.2 Å². The average Bonchev–Trinajstić information content (AvgIpc) is 2.85. The predicted molar refractivity (Wildman–Crippen MR) is 59.6 cm³/mol. The number of nitrogens with one attached hydrogen (secondary N) is 1. The Morgan fingerprint density at radius 2 is 1.94 bits per heavy atom. The molecule has 7 heteroatoms. The standard InChI is InChI=1S/C11H7F3N2OS/c12-8-1-6(2-9(13)10(8)14)11(17)16-4-7-3-15-5-18-7/h1-3,5H,4H2,(H,16,17). The highest BCUT2D eigenvalue weighted by Gasteiger charge is 2.14. The van der Waals surface area contributed by atoms with E-state index in [1.54, 1.807) is 11.7 Å². The van der Waals surface area contributed by atoms with E-state index in [9.17, 15) is 18.0 Å². The second-order valence-electron chi connectivity index (χ2n) is 3.40. The summed E-state index contributed by atoms with van der Waals surface area (Å²) in [6, 6.07) is 1.31. The fraction of sp³-hybridized carbons (Fsp3) is 0.0909. The summed E-state index contributed by atoms with van der Waals surface area (Å²) in [6.45, 7) is 0.199. The summed E-state index contributed by atoms with van der Waals surface area (Å²) < 4.78 is 38.5. The van der Waals surface area contributed by atoms with Crippen LogP contribution in [0.5, 0.6) is 0 Å². The fourth-order valence-electron chi connectivity index (χ4n) is 1.29. The van der Waals surface area contributed by atoms with E-state index in [0.29, 0.717) is 12.1 Å². The molecule has 0 aliphatic rings. The molecule has 0 spiro atoms. The van der Waals surface area contributed by atoms with Crippen molar-refractivity contribution in [1.29, 1.82) is 0 Å². The Balaban J connectivity index is 2.09. The van der Waals surface area contributed by atoms with Crippen LogP contribution in [0.2, 0.25) is 0 Å². The van der Waals surface area contributed by atoms with Gasteiger partial charge in [0.05, 0.1) is 12.1 Å². The number of hydrogen-bond donors (Lipinski definition) is 1. The number of aromatic nitrogens is 1. The summed E-state index contributed by atoms with van der Waals surface area (Å²) in [5.41, 5.74) is 1.33. The Bertz CT molecular complexity index is 549. The van der Waals surface area contributed by atoms with Crippen LogP contribution < -0.4 is 5.32 Å². The first-order chi connectivity index (χ1) is 8.58. The number of amides is 1. The Hall–Kier alpha value is -1.89. The molecule has 0 saturated carbocycles. The molecule has 0 unspecified atom stereocenters. The van der Waals surface area contributed by atoms with Crippen LogP contribution in [0.25, 0.3) is 0 Å². The normalized spacial score (nSPS) is 10.4. The van der Waals surface area contributed by atoms with E-state index in [4.69, 9.17) is 0 Å². The number of rotatable bonds is 3. The minimum atomic E-state index is -1.59. The van der Waals surface area contributed by atoms with Crippen molar-refractivity contribution in [1.82, 2.24) is 10.3 Å². The molecule has 0 aliphatic carbocycles. The molecule has 18 heavy (non-hydrogen) atoms. The first kappa shape index (κ1) is 12.6. The molecule has 0 radical (unpaired) electrons. The number of benzene rings is 1. The lowest BCUT2D eigenvalue weighted by atomic mass is 10.2. The summed E-state index contributed by atoms with van der Waals surface area (Å²) in [6.07, 6.45) is 1.57. The van der Waals surface area contributed by atoms with Gasteiger partial charge in [0.1, 0.15) is 0 Å². The smallest absolute Gasteiger partial charge is 0.251 e. The largest absolute Gasteiger partial charge is 0.347 e. The van der Waals surface area contributed by atoms with Crippen molar-refractivity contribution in [3.63, 3.8) is 0 Å². The average molecular weight is 272 g/mol. The molecule has 2 rings (SSSR count). The molecule has 1 heterocycles. The molecule has 0 bridgehead atoms. The van der Waals surface area contributed by atoms with E-state index in [1.165, 1.54) is 11.3 Å². The summed E-state index contributed by atoms with van der Waals surface area (Å²) in [5, 5.41) is 2.45. The molecule has 2 aromatic rings. The maximum atomic E-state index is 12.9. The zero-order valence-corrected chi connectivity index (χ0v) is 9.73. The van der Waals surface area contributed by atoms with Crippen molar-refractivity contribution in [3.05, 3.63) is 51.7 Å². The van der Waals surface area contributed by atoms with E-state index < -0.39 is 23.4 Å². The van der Waals surface area contributed by atoms with Crippen LogP contribution in [0.15, 0.2) is 23.8 Å². The van der Waals surface area contributed by atoms with Crippen LogP contribution in [0.4, 0.5) is 13.2 Å². The Morgan fingerprint density at radius 3 is 2.50 bits per heavy atom. The van der Waals surface area contributed by atoms with Crippen molar-refractivity contribution in [2.75, 3.05) is 0 Å². The van der Waals surface area contributed by atoms with Crippen molar-refractivity contribution in [2.24, 2.45) is 0 Å². The van der Waals surface area contributed by atoms with Gasteiger partial charge in [0, 0.05) is 16.6 Å². The zero-order valence-electron chi connectivity index (χ0n) is 8.91. The second-order valence-corrected chi connectivity index (χ2v) is 4.38. The highest BCUT2D eigenvalue weighted by atomic mass is 32.1. The van der Waals surface area contributed by atoms with E-state index >= 15 is 0 Å². The van der Waals surface area contributed by atoms with Gasteiger partial charge in [0.25, 0.3) is 5.91 Å². The maximum absolute atomic E-state index is 12.9. The van der Waals surface area contributed by atoms with Gasteiger partial charge < -0.3 is 5.32 Å². The molecule has 0 fully saturated rings. The number of halogens is 3. The fourth-order valence-corrected chi connectivity index (χ4v) is 1.82. The zero-order chi connectivity index (χ0) is 13.1. The molecular formula is C11H7F3N2OS. The summed E-state index contributed by atoms with van der Waals surface area (Å²) in [7, 11) is 0. The molecule has 1 N–H and O–H groups in total. The van der Waals surface area contributed by atoms with Gasteiger partial charge in [-0.05, 0) is 12.1 Å². The summed E-state index contributed by atoms with van der Waals surface area (Å²) >= 11 is 1.33. The van der Waals surface area contributed by atoms with Crippen LogP contribution in [0.1, 0.15) is 15.2 Å². The van der Waals surface area contributed by atoms with Gasteiger partial charge in [0.15, 0.2) is 17.5 Å². The molecule has 1 aromatic heterocycles. The monoisotopic (exact) mass is 272 g/mol. The maximum Gasteiger partial charge on any atom is 0.251 e. The van der Waals surface area contributed by atoms with Crippen molar-refractivity contribution in [3.8, 4) is 0 Å². The van der Waals surface area contributed by atoms with Crippen LogP contribution >= 0.6 is 11.3 Å². The topological polar surface area (TPSA) is 42.0 Å². The van der Waals surface area contributed by atoms with Crippen molar-refractivity contribution >= 4 is 17.2 Å².